The molecule has 1 unspecified atom stereocenters. The lowest BCUT2D eigenvalue weighted by Crippen LogP contribution is -2.38. The van der Waals surface area contributed by atoms with Gasteiger partial charge >= 0.3 is 0 Å². The summed E-state index contributed by atoms with van der Waals surface area (Å²) in [6.45, 7) is 3.85. The zero-order chi connectivity index (χ0) is 17.9. The van der Waals surface area contributed by atoms with Crippen molar-refractivity contribution in [3.63, 3.8) is 0 Å². The van der Waals surface area contributed by atoms with Crippen molar-refractivity contribution in [3.8, 4) is 5.88 Å². The van der Waals surface area contributed by atoms with Crippen molar-refractivity contribution in [1.82, 2.24) is 15.6 Å². The van der Waals surface area contributed by atoms with Crippen LogP contribution < -0.4 is 15.4 Å². The number of aromatic nitrogens is 1. The van der Waals surface area contributed by atoms with E-state index in [1.54, 1.807) is 7.11 Å². The fourth-order valence-corrected chi connectivity index (χ4v) is 2.33. The molecule has 2 aromatic rings. The van der Waals surface area contributed by atoms with Gasteiger partial charge in [0.25, 0.3) is 0 Å². The SMILES string of the molecule is CCNC(=NCc1cccc(OC)n1)NCCC(O)c1ccccc1.I. The standard InChI is InChI=1S/C19H26N4O2.HI/c1-3-20-19(22-14-16-10-7-11-18(23-16)25-2)21-13-12-17(24)15-8-5-4-6-9-15;/h4-11,17,24H,3,12-14H2,1-2H3,(H2,20,21,22);1H. The average Bonchev–Trinajstić information content (AvgIpc) is 2.66. The van der Waals surface area contributed by atoms with Crippen LogP contribution in [0.4, 0.5) is 0 Å². The number of pyridine rings is 1. The number of guanidine groups is 1. The van der Waals surface area contributed by atoms with Crippen LogP contribution in [-0.4, -0.2) is 36.2 Å². The van der Waals surface area contributed by atoms with Crippen LogP contribution in [0, 0.1) is 0 Å². The number of halogens is 1. The number of aliphatic imine (C=N–C) groups is 1. The highest BCUT2D eigenvalue weighted by atomic mass is 127. The number of nitrogens with zero attached hydrogens (tertiary/aromatic N) is 2. The number of ether oxygens (including phenoxy) is 1. The summed E-state index contributed by atoms with van der Waals surface area (Å²) in [5.41, 5.74) is 1.76. The number of hydrogen-bond acceptors (Lipinski definition) is 4. The lowest BCUT2D eigenvalue weighted by Gasteiger charge is -2.14. The first-order valence-corrected chi connectivity index (χ1v) is 8.48. The average molecular weight is 470 g/mol. The van der Waals surface area contributed by atoms with E-state index in [0.717, 1.165) is 17.8 Å². The molecule has 3 N–H and O–H groups in total. The van der Waals surface area contributed by atoms with Gasteiger partial charge in [0.2, 0.25) is 5.88 Å². The molecule has 0 bridgehead atoms. The first-order valence-electron chi connectivity index (χ1n) is 8.48. The fourth-order valence-electron chi connectivity index (χ4n) is 2.33. The van der Waals surface area contributed by atoms with Gasteiger partial charge in [0.05, 0.1) is 25.5 Å². The maximum atomic E-state index is 10.2. The predicted molar refractivity (Wildman–Crippen MR) is 115 cm³/mol. The smallest absolute Gasteiger partial charge is 0.213 e. The minimum atomic E-state index is -0.489. The second kappa shape index (κ2) is 12.5. The molecule has 0 aliphatic carbocycles. The van der Waals surface area contributed by atoms with Crippen molar-refractivity contribution in [2.24, 2.45) is 4.99 Å². The van der Waals surface area contributed by atoms with E-state index < -0.39 is 6.10 Å². The summed E-state index contributed by atoms with van der Waals surface area (Å²) in [5.74, 6) is 1.28. The Morgan fingerprint density at radius 1 is 1.15 bits per heavy atom. The van der Waals surface area contributed by atoms with Gasteiger partial charge < -0.3 is 20.5 Å². The van der Waals surface area contributed by atoms with Gasteiger partial charge in [-0.05, 0) is 25.0 Å². The van der Waals surface area contributed by atoms with Gasteiger partial charge in [0, 0.05) is 19.2 Å². The molecule has 0 radical (unpaired) electrons. The van der Waals surface area contributed by atoms with Crippen molar-refractivity contribution in [3.05, 3.63) is 59.8 Å². The molecule has 142 valence electrons. The second-order valence-corrected chi connectivity index (χ2v) is 5.51. The number of hydrogen-bond donors (Lipinski definition) is 3. The summed E-state index contributed by atoms with van der Waals surface area (Å²) >= 11 is 0. The van der Waals surface area contributed by atoms with Crippen molar-refractivity contribution < 1.29 is 9.84 Å². The molecule has 0 aliphatic heterocycles. The largest absolute Gasteiger partial charge is 0.481 e. The zero-order valence-electron chi connectivity index (χ0n) is 15.2. The minimum Gasteiger partial charge on any atom is -0.481 e. The van der Waals surface area contributed by atoms with Gasteiger partial charge in [-0.25, -0.2) is 9.98 Å². The maximum absolute atomic E-state index is 10.2. The molecule has 1 heterocycles. The van der Waals surface area contributed by atoms with Gasteiger partial charge in [0.1, 0.15) is 0 Å². The van der Waals surface area contributed by atoms with Crippen LogP contribution >= 0.6 is 24.0 Å². The second-order valence-electron chi connectivity index (χ2n) is 5.51. The monoisotopic (exact) mass is 470 g/mol. The van der Waals surface area contributed by atoms with Crippen LogP contribution in [0.2, 0.25) is 0 Å². The van der Waals surface area contributed by atoms with E-state index in [9.17, 15) is 5.11 Å². The lowest BCUT2D eigenvalue weighted by molar-refractivity contribution is 0.168. The maximum Gasteiger partial charge on any atom is 0.213 e. The lowest BCUT2D eigenvalue weighted by atomic mass is 10.1. The molecule has 6 nitrogen and oxygen atoms in total. The van der Waals surface area contributed by atoms with Gasteiger partial charge in [0.15, 0.2) is 5.96 Å². The summed E-state index contributed by atoms with van der Waals surface area (Å²) in [6.07, 6.45) is 0.114. The minimum absolute atomic E-state index is 0. The quantitative estimate of drug-likeness (QED) is 0.314. The van der Waals surface area contributed by atoms with Crippen LogP contribution in [0.25, 0.3) is 0 Å². The molecule has 1 atom stereocenters. The molecule has 0 spiro atoms. The Morgan fingerprint density at radius 2 is 1.92 bits per heavy atom. The molecule has 0 fully saturated rings. The molecular formula is C19H27IN4O2. The van der Waals surface area contributed by atoms with E-state index in [4.69, 9.17) is 4.74 Å². The van der Waals surface area contributed by atoms with Crippen LogP contribution in [0.5, 0.6) is 5.88 Å². The number of aliphatic hydroxyl groups excluding tert-OH is 1. The molecule has 26 heavy (non-hydrogen) atoms. The van der Waals surface area contributed by atoms with E-state index in [2.05, 4.69) is 20.6 Å². The Kier molecular flexibility index (Phi) is 10.6. The van der Waals surface area contributed by atoms with Gasteiger partial charge in [-0.1, -0.05) is 36.4 Å². The number of nitrogens with one attached hydrogen (secondary N) is 2. The molecule has 0 saturated heterocycles. The highest BCUT2D eigenvalue weighted by Crippen LogP contribution is 2.14. The van der Waals surface area contributed by atoms with Gasteiger partial charge in [-0.3, -0.25) is 0 Å². The summed E-state index contributed by atoms with van der Waals surface area (Å²) in [6, 6.07) is 15.3. The molecule has 1 aromatic heterocycles. The van der Waals surface area contributed by atoms with E-state index in [-0.39, 0.29) is 24.0 Å². The van der Waals surface area contributed by atoms with Crippen molar-refractivity contribution in [2.75, 3.05) is 20.2 Å². The summed E-state index contributed by atoms with van der Waals surface area (Å²) in [5, 5.41) is 16.6. The normalized spacial score (nSPS) is 12.0. The van der Waals surface area contributed by atoms with Crippen molar-refractivity contribution in [1.29, 1.82) is 0 Å². The van der Waals surface area contributed by atoms with E-state index in [0.29, 0.717) is 31.3 Å². The number of methoxy groups -OCH3 is 1. The van der Waals surface area contributed by atoms with E-state index in [1.807, 2.05) is 55.5 Å². The van der Waals surface area contributed by atoms with Gasteiger partial charge in [-0.2, -0.15) is 0 Å². The molecule has 1 aromatic carbocycles. The number of benzene rings is 1. The third kappa shape index (κ3) is 7.57. The molecule has 0 saturated carbocycles. The van der Waals surface area contributed by atoms with Crippen molar-refractivity contribution >= 4 is 29.9 Å². The van der Waals surface area contributed by atoms with E-state index >= 15 is 0 Å². The van der Waals surface area contributed by atoms with Crippen LogP contribution in [0.15, 0.2) is 53.5 Å². The first-order chi connectivity index (χ1) is 12.2. The Balaban J connectivity index is 0.00000338. The third-order valence-electron chi connectivity index (χ3n) is 3.63. The Labute approximate surface area is 172 Å². The van der Waals surface area contributed by atoms with Crippen LogP contribution in [0.1, 0.15) is 30.7 Å². The zero-order valence-corrected chi connectivity index (χ0v) is 17.5. The summed E-state index contributed by atoms with van der Waals surface area (Å²) < 4.78 is 5.12. The van der Waals surface area contributed by atoms with E-state index in [1.165, 1.54) is 0 Å². The number of rotatable bonds is 8. The molecule has 0 amide bonds. The van der Waals surface area contributed by atoms with Crippen molar-refractivity contribution in [2.45, 2.75) is 26.0 Å². The summed E-state index contributed by atoms with van der Waals surface area (Å²) in [4.78, 5) is 8.87. The Bertz CT molecular complexity index is 668. The third-order valence-corrected chi connectivity index (χ3v) is 3.63. The Morgan fingerprint density at radius 3 is 2.62 bits per heavy atom. The predicted octanol–water partition coefficient (Wildman–Crippen LogP) is 2.89. The molecule has 7 heteroatoms. The Hall–Kier alpha value is -1.87. The molecule has 2 rings (SSSR count). The first kappa shape index (κ1) is 22.2. The highest BCUT2D eigenvalue weighted by Gasteiger charge is 2.07. The van der Waals surface area contributed by atoms with Gasteiger partial charge in [-0.15, -0.1) is 24.0 Å². The summed E-state index contributed by atoms with van der Waals surface area (Å²) in [7, 11) is 1.60. The van der Waals surface area contributed by atoms with Crippen LogP contribution in [-0.2, 0) is 6.54 Å². The highest BCUT2D eigenvalue weighted by molar-refractivity contribution is 14.0. The molecular weight excluding hydrogens is 443 g/mol. The topological polar surface area (TPSA) is 78.8 Å². The number of aliphatic hydroxyl groups is 1. The molecule has 0 aliphatic rings. The fraction of sp³-hybridized carbons (Fsp3) is 0.368. The van der Waals surface area contributed by atoms with Crippen LogP contribution in [0.3, 0.4) is 0 Å².